The Kier molecular flexibility index (Phi) is 7.68. The van der Waals surface area contributed by atoms with Crippen molar-refractivity contribution in [1.82, 2.24) is 5.23 Å². The lowest BCUT2D eigenvalue weighted by atomic mass is 10.2. The fraction of sp³-hybridized carbons (Fsp3) is 0.667. The van der Waals surface area contributed by atoms with E-state index >= 15 is 0 Å². The summed E-state index contributed by atoms with van der Waals surface area (Å²) in [5.74, 6) is 0. The van der Waals surface area contributed by atoms with E-state index in [-0.39, 0.29) is 12.3 Å². The van der Waals surface area contributed by atoms with E-state index in [2.05, 4.69) is 0 Å². The third-order valence-electron chi connectivity index (χ3n) is 1.43. The molecule has 0 unspecified atom stereocenters. The summed E-state index contributed by atoms with van der Waals surface area (Å²) in [5.41, 5.74) is -0.227. The Morgan fingerprint density at radius 1 is 1.12 bits per heavy atom. The lowest BCUT2D eigenvalue weighted by molar-refractivity contribution is -0.354. The third-order valence-corrected chi connectivity index (χ3v) is 1.43. The molecular formula is C12H23NO3. The minimum absolute atomic E-state index is 0.227. The average molecular weight is 229 g/mol. The predicted octanol–water partition coefficient (Wildman–Crippen LogP) is 3.38. The van der Waals surface area contributed by atoms with Crippen molar-refractivity contribution in [3.05, 3.63) is 24.7 Å². The SMILES string of the molecule is CC=CON(COC(C)(C)C)OC=CCC. The highest BCUT2D eigenvalue weighted by molar-refractivity contribution is 4.70. The molecule has 0 aromatic heterocycles. The fourth-order valence-electron chi connectivity index (χ4n) is 0.668. The zero-order chi connectivity index (χ0) is 12.4. The molecular weight excluding hydrogens is 206 g/mol. The van der Waals surface area contributed by atoms with Crippen molar-refractivity contribution in [3.63, 3.8) is 0 Å². The number of ether oxygens (including phenoxy) is 1. The Labute approximate surface area is 98.4 Å². The van der Waals surface area contributed by atoms with Crippen LogP contribution in [0.2, 0.25) is 0 Å². The molecule has 0 bridgehead atoms. The summed E-state index contributed by atoms with van der Waals surface area (Å²) in [4.78, 5) is 10.4. The Bertz CT molecular complexity index is 219. The van der Waals surface area contributed by atoms with Gasteiger partial charge < -0.3 is 14.4 Å². The highest BCUT2D eigenvalue weighted by Gasteiger charge is 2.14. The second-order valence-electron chi connectivity index (χ2n) is 4.18. The number of hydrogen-bond donors (Lipinski definition) is 0. The molecule has 94 valence electrons. The van der Waals surface area contributed by atoms with Crippen LogP contribution >= 0.6 is 0 Å². The smallest absolute Gasteiger partial charge is 0.172 e. The maximum atomic E-state index is 5.53. The molecule has 0 atom stereocenters. The van der Waals surface area contributed by atoms with Gasteiger partial charge in [-0.25, -0.2) is 0 Å². The van der Waals surface area contributed by atoms with Crippen LogP contribution in [0, 0.1) is 0 Å². The van der Waals surface area contributed by atoms with Crippen LogP contribution in [0.25, 0.3) is 0 Å². The Morgan fingerprint density at radius 3 is 2.25 bits per heavy atom. The van der Waals surface area contributed by atoms with Gasteiger partial charge in [0.1, 0.15) is 12.5 Å². The summed E-state index contributed by atoms with van der Waals surface area (Å²) in [6.45, 7) is 10.1. The van der Waals surface area contributed by atoms with Gasteiger partial charge in [-0.15, -0.1) is 0 Å². The van der Waals surface area contributed by atoms with Gasteiger partial charge in [-0.3, -0.25) is 0 Å². The van der Waals surface area contributed by atoms with E-state index in [4.69, 9.17) is 14.4 Å². The van der Waals surface area contributed by atoms with E-state index in [1.165, 1.54) is 11.5 Å². The van der Waals surface area contributed by atoms with Crippen molar-refractivity contribution in [1.29, 1.82) is 0 Å². The van der Waals surface area contributed by atoms with E-state index in [1.807, 2.05) is 40.7 Å². The summed E-state index contributed by atoms with van der Waals surface area (Å²) >= 11 is 0. The molecule has 0 aliphatic carbocycles. The molecule has 0 aromatic carbocycles. The molecule has 16 heavy (non-hydrogen) atoms. The molecule has 4 heteroatoms. The van der Waals surface area contributed by atoms with Crippen LogP contribution in [0.4, 0.5) is 0 Å². The van der Waals surface area contributed by atoms with E-state index in [0.29, 0.717) is 0 Å². The normalized spacial score (nSPS) is 12.9. The fourth-order valence-corrected chi connectivity index (χ4v) is 0.668. The van der Waals surface area contributed by atoms with Crippen LogP contribution in [-0.4, -0.2) is 17.6 Å². The molecule has 0 amide bonds. The van der Waals surface area contributed by atoms with E-state index in [0.717, 1.165) is 6.42 Å². The minimum Gasteiger partial charge on any atom is -0.377 e. The molecule has 0 spiro atoms. The monoisotopic (exact) mass is 229 g/mol. The predicted molar refractivity (Wildman–Crippen MR) is 64.0 cm³/mol. The van der Waals surface area contributed by atoms with Crippen molar-refractivity contribution in [2.24, 2.45) is 0 Å². The first-order valence-electron chi connectivity index (χ1n) is 5.50. The molecule has 4 nitrogen and oxygen atoms in total. The van der Waals surface area contributed by atoms with E-state index < -0.39 is 0 Å². The molecule has 0 aliphatic heterocycles. The minimum atomic E-state index is -0.227. The highest BCUT2D eigenvalue weighted by Crippen LogP contribution is 2.08. The topological polar surface area (TPSA) is 30.9 Å². The highest BCUT2D eigenvalue weighted by atomic mass is 17.0. The zero-order valence-electron chi connectivity index (χ0n) is 10.9. The lowest BCUT2D eigenvalue weighted by Crippen LogP contribution is -2.30. The third kappa shape index (κ3) is 9.55. The average Bonchev–Trinajstić information content (AvgIpc) is 2.20. The van der Waals surface area contributed by atoms with Crippen molar-refractivity contribution in [3.8, 4) is 0 Å². The number of rotatable bonds is 7. The quantitative estimate of drug-likeness (QED) is 0.380. The number of allylic oxidation sites excluding steroid dienone is 2. The van der Waals surface area contributed by atoms with Gasteiger partial charge in [0.15, 0.2) is 6.73 Å². The number of hydrogen-bond acceptors (Lipinski definition) is 4. The van der Waals surface area contributed by atoms with Crippen LogP contribution in [-0.2, 0) is 14.4 Å². The molecule has 0 N–H and O–H groups in total. The molecule has 0 heterocycles. The molecule has 0 aromatic rings. The van der Waals surface area contributed by atoms with Crippen molar-refractivity contribution < 1.29 is 14.4 Å². The summed E-state index contributed by atoms with van der Waals surface area (Å²) < 4.78 is 5.53. The summed E-state index contributed by atoms with van der Waals surface area (Å²) in [5, 5.41) is 1.28. The second-order valence-corrected chi connectivity index (χ2v) is 4.18. The standard InChI is InChI=1S/C12H23NO3/c1-6-8-10-16-13(15-9-7-2)11-14-12(3,4)5/h7-10H,6,11H2,1-5H3. The van der Waals surface area contributed by atoms with Crippen LogP contribution in [0.3, 0.4) is 0 Å². The van der Waals surface area contributed by atoms with Gasteiger partial charge in [0, 0.05) is 0 Å². The first-order chi connectivity index (χ1) is 7.49. The lowest BCUT2D eigenvalue weighted by Gasteiger charge is -2.24. The first kappa shape index (κ1) is 15.0. The van der Waals surface area contributed by atoms with Gasteiger partial charge in [-0.05, 0) is 40.2 Å². The molecule has 0 fully saturated rings. The second kappa shape index (κ2) is 8.19. The van der Waals surface area contributed by atoms with Gasteiger partial charge in [0.25, 0.3) is 0 Å². The van der Waals surface area contributed by atoms with Crippen LogP contribution < -0.4 is 0 Å². The van der Waals surface area contributed by atoms with Crippen LogP contribution in [0.1, 0.15) is 41.0 Å². The molecule has 0 aliphatic rings. The summed E-state index contributed by atoms with van der Waals surface area (Å²) in [6, 6.07) is 0. The van der Waals surface area contributed by atoms with Crippen molar-refractivity contribution in [2.75, 3.05) is 6.73 Å². The largest absolute Gasteiger partial charge is 0.377 e. The first-order valence-corrected chi connectivity index (χ1v) is 5.50. The van der Waals surface area contributed by atoms with Gasteiger partial charge in [-0.1, -0.05) is 13.0 Å². The molecule has 0 saturated carbocycles. The zero-order valence-corrected chi connectivity index (χ0v) is 10.9. The summed E-state index contributed by atoms with van der Waals surface area (Å²) in [7, 11) is 0. The van der Waals surface area contributed by atoms with Gasteiger partial charge >= 0.3 is 0 Å². The van der Waals surface area contributed by atoms with Crippen LogP contribution in [0.5, 0.6) is 0 Å². The van der Waals surface area contributed by atoms with E-state index in [1.54, 1.807) is 12.3 Å². The molecule has 0 rings (SSSR count). The van der Waals surface area contributed by atoms with Gasteiger partial charge in [0.05, 0.1) is 10.8 Å². The number of hydroxylamine groups is 2. The maximum absolute atomic E-state index is 5.53. The van der Waals surface area contributed by atoms with Crippen LogP contribution in [0.15, 0.2) is 24.7 Å². The molecule has 0 saturated heterocycles. The maximum Gasteiger partial charge on any atom is 0.172 e. The summed E-state index contributed by atoms with van der Waals surface area (Å²) in [6.07, 6.45) is 7.69. The Hall–Kier alpha value is -1.00. The Balaban J connectivity index is 4.04. The van der Waals surface area contributed by atoms with E-state index in [9.17, 15) is 0 Å². The van der Waals surface area contributed by atoms with Gasteiger partial charge in [0.2, 0.25) is 0 Å². The van der Waals surface area contributed by atoms with Crippen molar-refractivity contribution in [2.45, 2.75) is 46.6 Å². The number of nitrogens with zero attached hydrogens (tertiary/aromatic N) is 1. The molecule has 0 radical (unpaired) electrons. The Morgan fingerprint density at radius 2 is 1.75 bits per heavy atom. The van der Waals surface area contributed by atoms with Gasteiger partial charge in [-0.2, -0.15) is 0 Å². The van der Waals surface area contributed by atoms with Crippen molar-refractivity contribution >= 4 is 0 Å².